The lowest BCUT2D eigenvalue weighted by atomic mass is 10.2. The number of aromatic nitrogens is 1. The average molecular weight is 465 g/mol. The third-order valence-electron chi connectivity index (χ3n) is 3.50. The molecule has 0 bridgehead atoms. The third kappa shape index (κ3) is 6.23. The zero-order valence-corrected chi connectivity index (χ0v) is 16.5. The predicted molar refractivity (Wildman–Crippen MR) is 102 cm³/mol. The summed E-state index contributed by atoms with van der Waals surface area (Å²) in [6.45, 7) is -1.01. The van der Waals surface area contributed by atoms with Crippen LogP contribution in [0.4, 0.5) is 18.6 Å². The number of carboxylic acid groups (broad SMARTS) is 1. The smallest absolute Gasteiger partial charge is 0.320 e. The molecule has 0 aliphatic carbocycles. The molecule has 1 unspecified atom stereocenters. The second kappa shape index (κ2) is 10.1. The van der Waals surface area contributed by atoms with Gasteiger partial charge in [-0.2, -0.15) is 4.37 Å². The van der Waals surface area contributed by atoms with E-state index in [1.54, 1.807) is 0 Å². The van der Waals surface area contributed by atoms with E-state index in [0.717, 1.165) is 12.1 Å². The van der Waals surface area contributed by atoms with E-state index in [0.29, 0.717) is 11.5 Å². The summed E-state index contributed by atoms with van der Waals surface area (Å²) in [5.74, 6) is -4.57. The van der Waals surface area contributed by atoms with Gasteiger partial charge < -0.3 is 26.0 Å². The number of aliphatic hydroxyl groups is 1. The van der Waals surface area contributed by atoms with Gasteiger partial charge >= 0.3 is 12.0 Å². The first-order valence-electron chi connectivity index (χ1n) is 8.08. The van der Waals surface area contributed by atoms with Gasteiger partial charge in [0.15, 0.2) is 0 Å². The molecule has 10 nitrogen and oxygen atoms in total. The fraction of sp³-hybridized carbons (Fsp3) is 0.250. The van der Waals surface area contributed by atoms with Gasteiger partial charge in [0.05, 0.1) is 18.1 Å². The number of anilines is 1. The highest BCUT2D eigenvalue weighted by Crippen LogP contribution is 2.31. The average Bonchev–Trinajstić information content (AvgIpc) is 3.01. The molecule has 30 heavy (non-hydrogen) atoms. The van der Waals surface area contributed by atoms with Gasteiger partial charge in [-0.25, -0.2) is 13.6 Å². The summed E-state index contributed by atoms with van der Waals surface area (Å²) >= 11 is 6.16. The fourth-order valence-corrected chi connectivity index (χ4v) is 3.09. The maximum absolute atomic E-state index is 13.8. The Morgan fingerprint density at radius 2 is 1.93 bits per heavy atom. The molecule has 0 saturated carbocycles. The summed E-state index contributed by atoms with van der Waals surface area (Å²) in [5.41, 5.74) is 4.47. The van der Waals surface area contributed by atoms with E-state index in [-0.39, 0.29) is 28.0 Å². The second-order valence-electron chi connectivity index (χ2n) is 5.78. The van der Waals surface area contributed by atoms with E-state index in [1.807, 2.05) is 0 Å². The molecule has 1 aromatic carbocycles. The Labute approximate surface area is 176 Å². The molecule has 2 aromatic rings. The quantitative estimate of drug-likeness (QED) is 0.377. The Hall–Kier alpha value is -3.03. The minimum Gasteiger partial charge on any atom is -0.481 e. The first-order valence-corrected chi connectivity index (χ1v) is 9.24. The molecule has 0 aliphatic heterocycles. The third-order valence-corrected chi connectivity index (χ3v) is 4.47. The van der Waals surface area contributed by atoms with E-state index < -0.39 is 54.2 Å². The van der Waals surface area contributed by atoms with Crippen LogP contribution in [0.25, 0.3) is 0 Å². The van der Waals surface area contributed by atoms with Crippen LogP contribution < -0.4 is 21.1 Å². The minimum atomic E-state index is -1.33. The van der Waals surface area contributed by atoms with Crippen molar-refractivity contribution < 1.29 is 38.1 Å². The molecule has 2 rings (SSSR count). The molecular formula is C16H15ClF2N4O6S. The molecule has 14 heteroatoms. The zero-order chi connectivity index (χ0) is 22.4. The number of primary amides is 1. The number of carboxylic acids is 1. The molecule has 1 atom stereocenters. The molecular weight excluding hydrogens is 450 g/mol. The topological polar surface area (TPSA) is 164 Å². The molecule has 0 saturated heterocycles. The number of amides is 3. The number of nitrogens with zero attached hydrogens (tertiary/aromatic N) is 1. The first-order chi connectivity index (χ1) is 14.1. The van der Waals surface area contributed by atoms with Gasteiger partial charge in [-0.15, -0.1) is 0 Å². The summed E-state index contributed by atoms with van der Waals surface area (Å²) in [7, 11) is 0. The lowest BCUT2D eigenvalue weighted by Gasteiger charge is -2.11. The van der Waals surface area contributed by atoms with Crippen molar-refractivity contribution in [1.82, 2.24) is 9.69 Å². The van der Waals surface area contributed by atoms with Gasteiger partial charge in [-0.1, -0.05) is 11.6 Å². The number of aliphatic carboxylic acids is 1. The van der Waals surface area contributed by atoms with Crippen molar-refractivity contribution in [2.75, 3.05) is 11.9 Å². The Balaban J connectivity index is 2.07. The second-order valence-corrected chi connectivity index (χ2v) is 6.99. The number of urea groups is 1. The Bertz CT molecular complexity index is 950. The van der Waals surface area contributed by atoms with Gasteiger partial charge in [0.2, 0.25) is 5.88 Å². The van der Waals surface area contributed by atoms with Crippen LogP contribution in [0, 0.1) is 11.6 Å². The van der Waals surface area contributed by atoms with Crippen LogP contribution in [0.2, 0.25) is 5.02 Å². The van der Waals surface area contributed by atoms with E-state index >= 15 is 0 Å². The Morgan fingerprint density at radius 3 is 2.50 bits per heavy atom. The number of halogens is 3. The SMILES string of the molecule is NC(=O)c1c(OCc2c(F)cc(Cl)cc2F)nsc1NC(=O)NCC(O)CC(=O)O. The van der Waals surface area contributed by atoms with Crippen LogP contribution in [0.3, 0.4) is 0 Å². The van der Waals surface area contributed by atoms with Gasteiger partial charge in [-0.3, -0.25) is 14.9 Å². The van der Waals surface area contributed by atoms with Crippen molar-refractivity contribution >= 4 is 46.0 Å². The van der Waals surface area contributed by atoms with Crippen molar-refractivity contribution in [3.63, 3.8) is 0 Å². The largest absolute Gasteiger partial charge is 0.481 e. The maximum atomic E-state index is 13.8. The molecule has 162 valence electrons. The number of nitrogens with one attached hydrogen (secondary N) is 2. The summed E-state index contributed by atoms with van der Waals surface area (Å²) in [4.78, 5) is 34.1. The van der Waals surface area contributed by atoms with Gasteiger partial charge in [0.25, 0.3) is 5.91 Å². The fourth-order valence-electron chi connectivity index (χ4n) is 2.16. The van der Waals surface area contributed by atoms with Crippen LogP contribution in [0.15, 0.2) is 12.1 Å². The Morgan fingerprint density at radius 1 is 1.30 bits per heavy atom. The van der Waals surface area contributed by atoms with Crippen LogP contribution in [-0.2, 0) is 11.4 Å². The van der Waals surface area contributed by atoms with Crippen LogP contribution in [-0.4, -0.2) is 45.1 Å². The van der Waals surface area contributed by atoms with Crippen molar-refractivity contribution in [2.45, 2.75) is 19.1 Å². The predicted octanol–water partition coefficient (Wildman–Crippen LogP) is 1.71. The number of hydrogen-bond donors (Lipinski definition) is 5. The summed E-state index contributed by atoms with van der Waals surface area (Å²) in [6, 6.07) is 0.886. The Kier molecular flexibility index (Phi) is 7.86. The van der Waals surface area contributed by atoms with Crippen molar-refractivity contribution in [1.29, 1.82) is 0 Å². The number of rotatable bonds is 9. The lowest BCUT2D eigenvalue weighted by molar-refractivity contribution is -0.139. The summed E-state index contributed by atoms with van der Waals surface area (Å²) in [5, 5.41) is 22.2. The lowest BCUT2D eigenvalue weighted by Crippen LogP contribution is -2.36. The van der Waals surface area contributed by atoms with Crippen LogP contribution in [0.1, 0.15) is 22.3 Å². The maximum Gasteiger partial charge on any atom is 0.320 e. The van der Waals surface area contributed by atoms with Crippen molar-refractivity contribution in [2.24, 2.45) is 5.73 Å². The summed E-state index contributed by atoms with van der Waals surface area (Å²) in [6.07, 6.45) is -1.91. The van der Waals surface area contributed by atoms with E-state index in [9.17, 15) is 28.3 Å². The van der Waals surface area contributed by atoms with Gasteiger partial charge in [0, 0.05) is 11.6 Å². The number of aliphatic hydroxyl groups excluding tert-OH is 1. The first kappa shape index (κ1) is 23.3. The number of hydrogen-bond acceptors (Lipinski definition) is 7. The number of carbonyl (C=O) groups excluding carboxylic acids is 2. The molecule has 6 N–H and O–H groups in total. The van der Waals surface area contributed by atoms with E-state index in [4.69, 9.17) is 27.2 Å². The molecule has 0 spiro atoms. The standard InChI is InChI=1S/C16H15ClF2N4O6S/c17-6-1-9(18)8(10(19)2-6)5-29-14-12(13(20)27)15(30-23-14)22-16(28)21-4-7(24)3-11(25)26/h1-2,7,24H,3-5H2,(H2,20,27)(H,25,26)(H2,21,22,28). The van der Waals surface area contributed by atoms with E-state index in [1.165, 1.54) is 0 Å². The highest BCUT2D eigenvalue weighted by atomic mass is 35.5. The normalized spacial score (nSPS) is 11.6. The molecule has 3 amide bonds. The molecule has 1 heterocycles. The molecule has 0 aliphatic rings. The number of ether oxygens (including phenoxy) is 1. The molecule has 0 fully saturated rings. The monoisotopic (exact) mass is 464 g/mol. The highest BCUT2D eigenvalue weighted by Gasteiger charge is 2.23. The summed E-state index contributed by atoms with van der Waals surface area (Å²) < 4.78 is 36.7. The van der Waals surface area contributed by atoms with E-state index in [2.05, 4.69) is 15.0 Å². The zero-order valence-electron chi connectivity index (χ0n) is 14.9. The number of carbonyl (C=O) groups is 3. The highest BCUT2D eigenvalue weighted by molar-refractivity contribution is 7.11. The van der Waals surface area contributed by atoms with Gasteiger partial charge in [-0.05, 0) is 23.7 Å². The van der Waals surface area contributed by atoms with Crippen molar-refractivity contribution in [3.05, 3.63) is 39.9 Å². The number of nitrogens with two attached hydrogens (primary N) is 1. The van der Waals surface area contributed by atoms with Gasteiger partial charge in [0.1, 0.15) is 28.8 Å². The number of benzene rings is 1. The minimum absolute atomic E-state index is 0.125. The molecule has 1 aromatic heterocycles. The van der Waals surface area contributed by atoms with Crippen molar-refractivity contribution in [3.8, 4) is 5.88 Å². The van der Waals surface area contributed by atoms with Crippen LogP contribution >= 0.6 is 23.1 Å². The molecule has 0 radical (unpaired) electrons. The van der Waals surface area contributed by atoms with Crippen LogP contribution in [0.5, 0.6) is 5.88 Å².